The molecule has 2 aromatic rings. The summed E-state index contributed by atoms with van der Waals surface area (Å²) in [7, 11) is -3.88. The number of aromatic nitrogens is 1. The number of hydrogen-bond donors (Lipinski definition) is 1. The molecule has 0 spiro atoms. The Hall–Kier alpha value is -2.19. The van der Waals surface area contributed by atoms with Crippen molar-refractivity contribution in [3.8, 4) is 0 Å². The third-order valence-electron chi connectivity index (χ3n) is 4.61. The number of rotatable bonds is 3. The Bertz CT molecular complexity index is 991. The molecule has 0 saturated heterocycles. The van der Waals surface area contributed by atoms with E-state index in [1.54, 1.807) is 6.07 Å². The molecule has 0 radical (unpaired) electrons. The lowest BCUT2D eigenvalue weighted by molar-refractivity contribution is -0.137. The minimum Gasteiger partial charge on any atom is -0.243 e. The average molecular weight is 396 g/mol. The summed E-state index contributed by atoms with van der Waals surface area (Å²) in [6, 6.07) is 8.08. The Morgan fingerprint density at radius 3 is 1.93 bits per heavy atom. The quantitative estimate of drug-likeness (QED) is 0.831. The topological polar surface area (TPSA) is 73.1 Å². The van der Waals surface area contributed by atoms with E-state index in [4.69, 9.17) is 5.14 Å². The molecule has 0 fully saturated rings. The summed E-state index contributed by atoms with van der Waals surface area (Å²) in [6.45, 7) is 4.16. The maximum atomic E-state index is 12.8. The Morgan fingerprint density at radius 1 is 0.963 bits per heavy atom. The van der Waals surface area contributed by atoms with Gasteiger partial charge in [0.2, 0.25) is 0 Å². The second-order valence-electron chi connectivity index (χ2n) is 7.48. The predicted molar refractivity (Wildman–Crippen MR) is 96.9 cm³/mol. The molecule has 4 nitrogen and oxygen atoms in total. The van der Waals surface area contributed by atoms with E-state index in [2.05, 4.69) is 18.8 Å². The number of allylic oxidation sites excluding steroid dienone is 2. The molecule has 1 aliphatic rings. The number of alkyl halides is 3. The van der Waals surface area contributed by atoms with Gasteiger partial charge in [0.05, 0.1) is 5.56 Å². The van der Waals surface area contributed by atoms with E-state index < -0.39 is 21.8 Å². The molecule has 1 aromatic heterocycles. The molecule has 27 heavy (non-hydrogen) atoms. The summed E-state index contributed by atoms with van der Waals surface area (Å²) in [6.07, 6.45) is -1.52. The van der Waals surface area contributed by atoms with Crippen molar-refractivity contribution in [2.24, 2.45) is 10.6 Å². The second-order valence-corrected chi connectivity index (χ2v) is 8.99. The van der Waals surface area contributed by atoms with Crippen molar-refractivity contribution in [1.29, 1.82) is 0 Å². The SMILES string of the molecule is CC1(C)CC(c2ccc(C(F)(F)F)cc2)=C(c2ccc(S(N)(=O)=O)nc2)C1. The van der Waals surface area contributed by atoms with Gasteiger partial charge in [-0.3, -0.25) is 0 Å². The highest BCUT2D eigenvalue weighted by molar-refractivity contribution is 7.89. The van der Waals surface area contributed by atoms with Crippen LogP contribution in [0.25, 0.3) is 11.1 Å². The summed E-state index contributed by atoms with van der Waals surface area (Å²) in [5.41, 5.74) is 2.60. The fraction of sp³-hybridized carbons (Fsp3) is 0.316. The van der Waals surface area contributed by atoms with Crippen LogP contribution in [-0.4, -0.2) is 13.4 Å². The fourth-order valence-electron chi connectivity index (χ4n) is 3.37. The van der Waals surface area contributed by atoms with Gasteiger partial charge >= 0.3 is 6.18 Å². The van der Waals surface area contributed by atoms with Crippen LogP contribution >= 0.6 is 0 Å². The summed E-state index contributed by atoms with van der Waals surface area (Å²) in [5.74, 6) is 0. The zero-order valence-electron chi connectivity index (χ0n) is 14.8. The van der Waals surface area contributed by atoms with Crippen LogP contribution in [0.2, 0.25) is 0 Å². The summed E-state index contributed by atoms with van der Waals surface area (Å²) in [4.78, 5) is 3.92. The van der Waals surface area contributed by atoms with Crippen molar-refractivity contribution >= 4 is 21.2 Å². The zero-order valence-corrected chi connectivity index (χ0v) is 15.7. The van der Waals surface area contributed by atoms with E-state index in [0.717, 1.165) is 34.4 Å². The maximum Gasteiger partial charge on any atom is 0.416 e. The summed E-state index contributed by atoms with van der Waals surface area (Å²) >= 11 is 0. The minimum absolute atomic E-state index is 0.0635. The van der Waals surface area contributed by atoms with Gasteiger partial charge in [0.25, 0.3) is 10.0 Å². The Morgan fingerprint density at radius 2 is 1.48 bits per heavy atom. The van der Waals surface area contributed by atoms with Gasteiger partial charge in [-0.15, -0.1) is 0 Å². The zero-order chi connectivity index (χ0) is 20.0. The van der Waals surface area contributed by atoms with Crippen molar-refractivity contribution in [2.75, 3.05) is 0 Å². The predicted octanol–water partition coefficient (Wildman–Crippen LogP) is 4.48. The van der Waals surface area contributed by atoms with E-state index in [1.165, 1.54) is 24.4 Å². The van der Waals surface area contributed by atoms with Crippen LogP contribution < -0.4 is 5.14 Å². The van der Waals surface area contributed by atoms with Gasteiger partial charge < -0.3 is 0 Å². The van der Waals surface area contributed by atoms with Crippen molar-refractivity contribution in [2.45, 2.75) is 37.9 Å². The smallest absolute Gasteiger partial charge is 0.243 e. The molecule has 0 saturated carbocycles. The lowest BCUT2D eigenvalue weighted by atomic mass is 9.87. The third kappa shape index (κ3) is 4.22. The van der Waals surface area contributed by atoms with Gasteiger partial charge in [-0.2, -0.15) is 13.2 Å². The molecular weight excluding hydrogens is 377 g/mol. The lowest BCUT2D eigenvalue weighted by Crippen LogP contribution is -2.13. The standard InChI is InChI=1S/C19H19F3N2O2S/c1-18(2)9-15(12-3-6-14(7-4-12)19(20,21)22)16(10-18)13-5-8-17(24-11-13)27(23,25)26/h3-8,11H,9-10H2,1-2H3,(H2,23,25,26). The molecule has 144 valence electrons. The highest BCUT2D eigenvalue weighted by Gasteiger charge is 2.33. The van der Waals surface area contributed by atoms with Crippen LogP contribution in [0.3, 0.4) is 0 Å². The van der Waals surface area contributed by atoms with Crippen LogP contribution in [0, 0.1) is 5.41 Å². The van der Waals surface area contributed by atoms with Gasteiger partial charge in [0.15, 0.2) is 5.03 Å². The Kier molecular flexibility index (Phi) is 4.68. The van der Waals surface area contributed by atoms with E-state index in [9.17, 15) is 21.6 Å². The number of nitrogens with zero attached hydrogens (tertiary/aromatic N) is 1. The molecule has 0 bridgehead atoms. The number of hydrogen-bond acceptors (Lipinski definition) is 3. The first-order valence-electron chi connectivity index (χ1n) is 8.26. The van der Waals surface area contributed by atoms with Crippen molar-refractivity contribution in [1.82, 2.24) is 4.98 Å². The molecule has 3 rings (SSSR count). The van der Waals surface area contributed by atoms with E-state index in [-0.39, 0.29) is 10.4 Å². The fourth-order valence-corrected chi connectivity index (χ4v) is 3.83. The minimum atomic E-state index is -4.38. The first kappa shape index (κ1) is 19.6. The first-order valence-corrected chi connectivity index (χ1v) is 9.80. The van der Waals surface area contributed by atoms with Crippen molar-refractivity contribution < 1.29 is 21.6 Å². The summed E-state index contributed by atoms with van der Waals surface area (Å²) in [5, 5.41) is 4.85. The molecule has 0 amide bonds. The van der Waals surface area contributed by atoms with Crippen LogP contribution in [0.1, 0.15) is 43.4 Å². The molecule has 8 heteroatoms. The van der Waals surface area contributed by atoms with E-state index in [1.807, 2.05) is 0 Å². The number of nitrogens with two attached hydrogens (primary N) is 1. The number of halogens is 3. The molecular formula is C19H19F3N2O2S. The summed E-state index contributed by atoms with van der Waals surface area (Å²) < 4.78 is 61.2. The van der Waals surface area contributed by atoms with Crippen molar-refractivity contribution in [3.05, 3.63) is 59.3 Å². The van der Waals surface area contributed by atoms with Gasteiger partial charge in [-0.05, 0) is 58.7 Å². The molecule has 1 heterocycles. The lowest BCUT2D eigenvalue weighted by Gasteiger charge is -2.17. The average Bonchev–Trinajstić information content (AvgIpc) is 2.89. The van der Waals surface area contributed by atoms with E-state index >= 15 is 0 Å². The molecule has 1 aliphatic carbocycles. The van der Waals surface area contributed by atoms with Crippen LogP contribution in [0.4, 0.5) is 13.2 Å². The maximum absolute atomic E-state index is 12.8. The highest BCUT2D eigenvalue weighted by Crippen LogP contribution is 2.49. The monoisotopic (exact) mass is 396 g/mol. The van der Waals surface area contributed by atoms with Gasteiger partial charge in [-0.25, -0.2) is 18.5 Å². The Balaban J connectivity index is 2.04. The number of primary sulfonamides is 1. The molecule has 0 atom stereocenters. The number of sulfonamides is 1. The molecule has 1 aromatic carbocycles. The molecule has 0 unspecified atom stereocenters. The molecule has 2 N–H and O–H groups in total. The molecule has 0 aliphatic heterocycles. The van der Waals surface area contributed by atoms with Gasteiger partial charge in [0, 0.05) is 6.20 Å². The second kappa shape index (κ2) is 6.45. The Labute approximate surface area is 156 Å². The van der Waals surface area contributed by atoms with Gasteiger partial charge in [0.1, 0.15) is 0 Å². The van der Waals surface area contributed by atoms with Crippen LogP contribution in [-0.2, 0) is 16.2 Å². The third-order valence-corrected chi connectivity index (χ3v) is 5.44. The van der Waals surface area contributed by atoms with Gasteiger partial charge in [-0.1, -0.05) is 32.0 Å². The van der Waals surface area contributed by atoms with Crippen LogP contribution in [0.15, 0.2) is 47.6 Å². The highest BCUT2D eigenvalue weighted by atomic mass is 32.2. The number of benzene rings is 1. The number of pyridine rings is 1. The first-order chi connectivity index (χ1) is 12.4. The largest absolute Gasteiger partial charge is 0.416 e. The van der Waals surface area contributed by atoms with Crippen molar-refractivity contribution in [3.63, 3.8) is 0 Å². The normalized spacial score (nSPS) is 17.4. The van der Waals surface area contributed by atoms with E-state index in [0.29, 0.717) is 12.8 Å². The van der Waals surface area contributed by atoms with Crippen LogP contribution in [0.5, 0.6) is 0 Å².